The summed E-state index contributed by atoms with van der Waals surface area (Å²) in [6, 6.07) is 16.1. The van der Waals surface area contributed by atoms with Crippen molar-refractivity contribution >= 4 is 29.3 Å². The number of nitrogens with one attached hydrogen (secondary N) is 1. The van der Waals surface area contributed by atoms with E-state index < -0.39 is 0 Å². The number of para-hydroxylation sites is 1. The molecule has 4 rings (SSSR count). The molecule has 2 aromatic carbocycles. The molecule has 4 heteroatoms. The number of hydrogen-bond donors (Lipinski definition) is 1. The Hall–Kier alpha value is -2.04. The first-order valence-electron chi connectivity index (χ1n) is 9.90. The Labute approximate surface area is 165 Å². The second-order valence-electron chi connectivity index (χ2n) is 7.21. The highest BCUT2D eigenvalue weighted by molar-refractivity contribution is 8.04. The van der Waals surface area contributed by atoms with Crippen molar-refractivity contribution < 1.29 is 4.79 Å². The maximum atomic E-state index is 12.6. The van der Waals surface area contributed by atoms with E-state index in [2.05, 4.69) is 28.4 Å². The second kappa shape index (κ2) is 8.77. The fourth-order valence-electron chi connectivity index (χ4n) is 3.77. The van der Waals surface area contributed by atoms with Gasteiger partial charge in [0.25, 0.3) is 0 Å². The minimum absolute atomic E-state index is 0.134. The highest BCUT2D eigenvalue weighted by atomic mass is 32.2. The number of ketones is 1. The molecule has 0 radical (unpaired) electrons. The largest absolute Gasteiger partial charge is 0.383 e. The van der Waals surface area contributed by atoms with Gasteiger partial charge in [-0.25, -0.2) is 0 Å². The summed E-state index contributed by atoms with van der Waals surface area (Å²) in [6.07, 6.45) is 7.41. The van der Waals surface area contributed by atoms with Crippen LogP contribution in [0.15, 0.2) is 58.3 Å². The number of anilines is 1. The molecule has 0 bridgehead atoms. The molecule has 3 nitrogen and oxygen atoms in total. The fourth-order valence-corrected chi connectivity index (χ4v) is 4.81. The van der Waals surface area contributed by atoms with Crippen LogP contribution in [0.5, 0.6) is 0 Å². The molecule has 0 spiro atoms. The van der Waals surface area contributed by atoms with Gasteiger partial charge >= 0.3 is 0 Å². The molecule has 1 fully saturated rings. The third-order valence-corrected chi connectivity index (χ3v) is 6.36. The first-order valence-corrected chi connectivity index (χ1v) is 10.7. The number of Topliss-reactive ketones (excluding diaryl/α,β-unsaturated/α-hetero) is 1. The van der Waals surface area contributed by atoms with E-state index in [0.29, 0.717) is 0 Å². The number of fused-ring (bicyclic) bond motifs is 1. The molecule has 27 heavy (non-hydrogen) atoms. The highest BCUT2D eigenvalue weighted by Crippen LogP contribution is 2.41. The molecule has 2 aromatic rings. The normalized spacial score (nSPS) is 19.1. The van der Waals surface area contributed by atoms with Gasteiger partial charge in [0.15, 0.2) is 0 Å². The summed E-state index contributed by atoms with van der Waals surface area (Å²) in [6.45, 7) is 4.44. The zero-order valence-electron chi connectivity index (χ0n) is 15.6. The molecule has 2 aliphatic heterocycles. The molecule has 0 atom stereocenters. The lowest BCUT2D eigenvalue weighted by Gasteiger charge is -2.20. The van der Waals surface area contributed by atoms with Crippen molar-refractivity contribution in [1.82, 2.24) is 4.90 Å². The van der Waals surface area contributed by atoms with E-state index in [1.165, 1.54) is 38.8 Å². The number of thioether (sulfide) groups is 1. The van der Waals surface area contributed by atoms with Crippen LogP contribution in [-0.2, 0) is 0 Å². The quantitative estimate of drug-likeness (QED) is 0.715. The van der Waals surface area contributed by atoms with Crippen LogP contribution in [0.4, 0.5) is 5.69 Å². The van der Waals surface area contributed by atoms with Crippen molar-refractivity contribution in [3.05, 3.63) is 64.6 Å². The van der Waals surface area contributed by atoms with Gasteiger partial charge in [0.2, 0.25) is 5.78 Å². The Morgan fingerprint density at radius 3 is 2.52 bits per heavy atom. The molecule has 140 valence electrons. The van der Waals surface area contributed by atoms with E-state index >= 15 is 0 Å². The van der Waals surface area contributed by atoms with Crippen LogP contribution < -0.4 is 5.32 Å². The molecule has 2 heterocycles. The third kappa shape index (κ3) is 4.45. The molecule has 0 amide bonds. The van der Waals surface area contributed by atoms with E-state index in [1.807, 2.05) is 36.4 Å². The molecule has 2 aliphatic rings. The lowest BCUT2D eigenvalue weighted by molar-refractivity contribution is 0.104. The molecule has 0 saturated carbocycles. The van der Waals surface area contributed by atoms with Crippen LogP contribution >= 0.6 is 11.8 Å². The molecule has 0 unspecified atom stereocenters. The number of benzene rings is 2. The van der Waals surface area contributed by atoms with Gasteiger partial charge in [-0.2, -0.15) is 0 Å². The lowest BCUT2D eigenvalue weighted by atomic mass is 10.1. The van der Waals surface area contributed by atoms with Crippen molar-refractivity contribution in [2.75, 3.05) is 31.5 Å². The summed E-state index contributed by atoms with van der Waals surface area (Å²) < 4.78 is 0. The number of likely N-dealkylation sites (tertiary alicyclic amines) is 1. The minimum Gasteiger partial charge on any atom is -0.383 e. The van der Waals surface area contributed by atoms with E-state index in [-0.39, 0.29) is 5.78 Å². The molecule has 1 saturated heterocycles. The fraction of sp³-hybridized carbons (Fsp3) is 0.348. The zero-order valence-corrected chi connectivity index (χ0v) is 16.4. The second-order valence-corrected chi connectivity index (χ2v) is 8.29. The standard InChI is InChI=1S/C23H26N2OS/c26-23-19-10-4-6-12-21(19)27-22(23)17-18-9-3-5-11-20(18)24-13-16-25-14-7-1-2-8-15-25/h3-6,9-12,17,24H,1-2,7-8,13-16H2. The number of hydrogen-bond acceptors (Lipinski definition) is 4. The number of allylic oxidation sites excluding steroid dienone is 1. The van der Waals surface area contributed by atoms with Gasteiger partial charge in [-0.1, -0.05) is 54.9 Å². The van der Waals surface area contributed by atoms with Gasteiger partial charge < -0.3 is 10.2 Å². The van der Waals surface area contributed by atoms with Crippen LogP contribution in [0.25, 0.3) is 6.08 Å². The Kier molecular flexibility index (Phi) is 5.95. The Balaban J connectivity index is 1.43. The first-order chi connectivity index (χ1) is 13.3. The number of rotatable bonds is 5. The monoisotopic (exact) mass is 378 g/mol. The number of carbonyl (C=O) groups is 1. The number of carbonyl (C=O) groups excluding carboxylic acids is 1. The van der Waals surface area contributed by atoms with Crippen LogP contribution in [0.3, 0.4) is 0 Å². The number of nitrogens with zero attached hydrogens (tertiary/aromatic N) is 1. The predicted octanol–water partition coefficient (Wildman–Crippen LogP) is 5.30. The zero-order chi connectivity index (χ0) is 18.5. The maximum Gasteiger partial charge on any atom is 0.200 e. The Morgan fingerprint density at radius 2 is 1.70 bits per heavy atom. The predicted molar refractivity (Wildman–Crippen MR) is 114 cm³/mol. The summed E-state index contributed by atoms with van der Waals surface area (Å²) in [5.41, 5.74) is 3.00. The Morgan fingerprint density at radius 1 is 0.963 bits per heavy atom. The first kappa shape index (κ1) is 18.3. The van der Waals surface area contributed by atoms with Crippen molar-refractivity contribution in [2.45, 2.75) is 30.6 Å². The summed E-state index contributed by atoms with van der Waals surface area (Å²) in [7, 11) is 0. The average Bonchev–Trinajstić information content (AvgIpc) is 2.86. The summed E-state index contributed by atoms with van der Waals surface area (Å²) in [4.78, 5) is 17.1. The highest BCUT2D eigenvalue weighted by Gasteiger charge is 2.25. The van der Waals surface area contributed by atoms with Gasteiger partial charge in [-0.15, -0.1) is 0 Å². The smallest absolute Gasteiger partial charge is 0.200 e. The van der Waals surface area contributed by atoms with Crippen LogP contribution in [-0.4, -0.2) is 36.9 Å². The topological polar surface area (TPSA) is 32.3 Å². The summed E-state index contributed by atoms with van der Waals surface area (Å²) >= 11 is 1.57. The van der Waals surface area contributed by atoms with Gasteiger partial charge in [0.05, 0.1) is 4.91 Å². The van der Waals surface area contributed by atoms with E-state index in [9.17, 15) is 4.79 Å². The average molecular weight is 379 g/mol. The molecular formula is C23H26N2OS. The third-order valence-electron chi connectivity index (χ3n) is 5.26. The van der Waals surface area contributed by atoms with Crippen molar-refractivity contribution in [1.29, 1.82) is 0 Å². The molecule has 0 aromatic heterocycles. The summed E-state index contributed by atoms with van der Waals surface area (Å²) in [5.74, 6) is 0.134. The van der Waals surface area contributed by atoms with Crippen molar-refractivity contribution in [3.63, 3.8) is 0 Å². The van der Waals surface area contributed by atoms with Gasteiger partial charge in [0.1, 0.15) is 0 Å². The van der Waals surface area contributed by atoms with Crippen molar-refractivity contribution in [2.24, 2.45) is 0 Å². The molecule has 1 N–H and O–H groups in total. The van der Waals surface area contributed by atoms with Gasteiger partial charge in [-0.05, 0) is 55.8 Å². The van der Waals surface area contributed by atoms with E-state index in [1.54, 1.807) is 11.8 Å². The van der Waals surface area contributed by atoms with Crippen molar-refractivity contribution in [3.8, 4) is 0 Å². The van der Waals surface area contributed by atoms with Crippen LogP contribution in [0.2, 0.25) is 0 Å². The summed E-state index contributed by atoms with van der Waals surface area (Å²) in [5, 5.41) is 3.58. The van der Waals surface area contributed by atoms with Crippen LogP contribution in [0.1, 0.15) is 41.6 Å². The maximum absolute atomic E-state index is 12.6. The molecule has 0 aliphatic carbocycles. The van der Waals surface area contributed by atoms with Gasteiger partial charge in [-0.3, -0.25) is 4.79 Å². The minimum atomic E-state index is 0.134. The van der Waals surface area contributed by atoms with E-state index in [4.69, 9.17) is 0 Å². The Bertz CT molecular complexity index is 838. The van der Waals surface area contributed by atoms with Gasteiger partial charge in [0, 0.05) is 29.2 Å². The SMILES string of the molecule is O=C1C(=Cc2ccccc2NCCN2CCCCCC2)Sc2ccccc21. The lowest BCUT2D eigenvalue weighted by Crippen LogP contribution is -2.30. The molecular weight excluding hydrogens is 352 g/mol. The van der Waals surface area contributed by atoms with Crippen LogP contribution in [0, 0.1) is 0 Å². The van der Waals surface area contributed by atoms with E-state index in [0.717, 1.165) is 39.7 Å².